The Bertz CT molecular complexity index is 258. The summed E-state index contributed by atoms with van der Waals surface area (Å²) >= 11 is 0. The van der Waals surface area contributed by atoms with Gasteiger partial charge in [0, 0.05) is 33.1 Å². The predicted molar refractivity (Wildman–Crippen MR) is 58.8 cm³/mol. The zero-order valence-corrected chi connectivity index (χ0v) is 9.53. The van der Waals surface area contributed by atoms with Gasteiger partial charge in [0.25, 0.3) is 0 Å². The lowest BCUT2D eigenvalue weighted by molar-refractivity contribution is -0.122. The lowest BCUT2D eigenvalue weighted by Gasteiger charge is -2.14. The van der Waals surface area contributed by atoms with Gasteiger partial charge in [-0.15, -0.1) is 0 Å². The van der Waals surface area contributed by atoms with Gasteiger partial charge in [-0.25, -0.2) is 0 Å². The number of rotatable bonds is 5. The molecule has 0 aromatic carbocycles. The van der Waals surface area contributed by atoms with Crippen LogP contribution in [0.3, 0.4) is 0 Å². The number of likely N-dealkylation sites (tertiary alicyclic amines) is 1. The zero-order valence-electron chi connectivity index (χ0n) is 9.53. The molecule has 0 unspecified atom stereocenters. The van der Waals surface area contributed by atoms with E-state index in [-0.39, 0.29) is 17.9 Å². The van der Waals surface area contributed by atoms with Gasteiger partial charge in [0.15, 0.2) is 0 Å². The van der Waals surface area contributed by atoms with Gasteiger partial charge in [-0.05, 0) is 6.42 Å². The fourth-order valence-electron chi connectivity index (χ4n) is 1.66. The van der Waals surface area contributed by atoms with Gasteiger partial charge in [-0.1, -0.05) is 0 Å². The molecular formula is C10H19N3O3. The van der Waals surface area contributed by atoms with Crippen LogP contribution in [0.25, 0.3) is 0 Å². The highest BCUT2D eigenvalue weighted by Gasteiger charge is 2.21. The zero-order chi connectivity index (χ0) is 12.0. The third-order valence-electron chi connectivity index (χ3n) is 2.44. The second-order valence-corrected chi connectivity index (χ2v) is 4.01. The first-order valence-corrected chi connectivity index (χ1v) is 5.49. The maximum absolute atomic E-state index is 11.4. The van der Waals surface area contributed by atoms with Crippen LogP contribution in [0, 0.1) is 0 Å². The molecule has 0 aliphatic carbocycles. The van der Waals surface area contributed by atoms with Crippen molar-refractivity contribution in [2.24, 2.45) is 0 Å². The van der Waals surface area contributed by atoms with Gasteiger partial charge in [-0.2, -0.15) is 0 Å². The van der Waals surface area contributed by atoms with E-state index in [1.54, 1.807) is 0 Å². The number of carbonyl (C=O) groups excluding carboxylic acids is 2. The first kappa shape index (κ1) is 12.9. The number of hydrogen-bond donors (Lipinski definition) is 3. The van der Waals surface area contributed by atoms with Crippen molar-refractivity contribution in [2.45, 2.75) is 19.4 Å². The Morgan fingerprint density at radius 3 is 2.62 bits per heavy atom. The number of aliphatic hydroxyl groups is 1. The monoisotopic (exact) mass is 229 g/mol. The van der Waals surface area contributed by atoms with E-state index in [2.05, 4.69) is 10.6 Å². The molecule has 0 radical (unpaired) electrons. The van der Waals surface area contributed by atoms with Crippen LogP contribution in [0.2, 0.25) is 0 Å². The molecule has 0 saturated carbocycles. The van der Waals surface area contributed by atoms with Crippen molar-refractivity contribution in [3.63, 3.8) is 0 Å². The maximum atomic E-state index is 11.4. The number of amides is 2. The molecule has 0 aromatic heterocycles. The predicted octanol–water partition coefficient (Wildman–Crippen LogP) is -1.69. The van der Waals surface area contributed by atoms with E-state index >= 15 is 0 Å². The Morgan fingerprint density at radius 2 is 2.06 bits per heavy atom. The van der Waals surface area contributed by atoms with E-state index < -0.39 is 0 Å². The third-order valence-corrected chi connectivity index (χ3v) is 2.44. The summed E-state index contributed by atoms with van der Waals surface area (Å²) in [4.78, 5) is 23.9. The first-order valence-electron chi connectivity index (χ1n) is 5.49. The van der Waals surface area contributed by atoms with Crippen molar-refractivity contribution in [2.75, 3.05) is 32.7 Å². The minimum Gasteiger partial charge on any atom is -0.392 e. The molecule has 6 nitrogen and oxygen atoms in total. The molecule has 16 heavy (non-hydrogen) atoms. The third kappa shape index (κ3) is 5.09. The van der Waals surface area contributed by atoms with E-state index in [4.69, 9.17) is 0 Å². The summed E-state index contributed by atoms with van der Waals surface area (Å²) in [6, 6.07) is 0. The summed E-state index contributed by atoms with van der Waals surface area (Å²) in [5, 5.41) is 14.6. The molecule has 1 atom stereocenters. The molecule has 1 aliphatic heterocycles. The summed E-state index contributed by atoms with van der Waals surface area (Å²) in [6.45, 7) is 3.97. The minimum absolute atomic E-state index is 0.0700. The van der Waals surface area contributed by atoms with Gasteiger partial charge < -0.3 is 15.7 Å². The number of hydrogen-bond acceptors (Lipinski definition) is 4. The lowest BCUT2D eigenvalue weighted by atomic mass is 10.3. The summed E-state index contributed by atoms with van der Waals surface area (Å²) in [7, 11) is 0. The minimum atomic E-state index is -0.299. The Hall–Kier alpha value is -1.14. The van der Waals surface area contributed by atoms with Gasteiger partial charge >= 0.3 is 0 Å². The van der Waals surface area contributed by atoms with E-state index in [0.717, 1.165) is 13.0 Å². The van der Waals surface area contributed by atoms with Gasteiger partial charge in [0.05, 0.1) is 12.6 Å². The van der Waals surface area contributed by atoms with Crippen molar-refractivity contribution in [1.82, 2.24) is 15.5 Å². The molecule has 1 aliphatic rings. The van der Waals surface area contributed by atoms with E-state index in [0.29, 0.717) is 26.2 Å². The van der Waals surface area contributed by atoms with Crippen molar-refractivity contribution in [3.8, 4) is 0 Å². The SMILES string of the molecule is CC(=O)NCCNC(=O)CN1CC[C@@H](O)C1. The fraction of sp³-hybridized carbons (Fsp3) is 0.800. The first-order chi connectivity index (χ1) is 7.58. The molecule has 0 aromatic rings. The summed E-state index contributed by atoms with van der Waals surface area (Å²) < 4.78 is 0. The molecule has 2 amide bonds. The van der Waals surface area contributed by atoms with Crippen LogP contribution in [0.5, 0.6) is 0 Å². The van der Waals surface area contributed by atoms with Crippen molar-refractivity contribution < 1.29 is 14.7 Å². The van der Waals surface area contributed by atoms with Crippen molar-refractivity contribution >= 4 is 11.8 Å². The molecule has 1 fully saturated rings. The van der Waals surface area contributed by atoms with Crippen LogP contribution in [0.4, 0.5) is 0 Å². The highest BCUT2D eigenvalue weighted by atomic mass is 16.3. The second kappa shape index (κ2) is 6.44. The molecule has 1 heterocycles. The van der Waals surface area contributed by atoms with Gasteiger partial charge in [-0.3, -0.25) is 14.5 Å². The molecule has 6 heteroatoms. The number of nitrogens with zero attached hydrogens (tertiary/aromatic N) is 1. The van der Waals surface area contributed by atoms with E-state index in [1.807, 2.05) is 4.90 Å². The van der Waals surface area contributed by atoms with E-state index in [9.17, 15) is 14.7 Å². The average Bonchev–Trinajstić information content (AvgIpc) is 2.58. The smallest absolute Gasteiger partial charge is 0.234 e. The van der Waals surface area contributed by atoms with Crippen LogP contribution >= 0.6 is 0 Å². The van der Waals surface area contributed by atoms with Crippen molar-refractivity contribution in [1.29, 1.82) is 0 Å². The topological polar surface area (TPSA) is 81.7 Å². The standard InChI is InChI=1S/C10H19N3O3/c1-8(14)11-3-4-12-10(16)7-13-5-2-9(15)6-13/h9,15H,2-7H2,1H3,(H,11,14)(H,12,16)/t9-/m1/s1. The molecular weight excluding hydrogens is 210 g/mol. The van der Waals surface area contributed by atoms with Crippen LogP contribution in [0.1, 0.15) is 13.3 Å². The highest BCUT2D eigenvalue weighted by molar-refractivity contribution is 5.78. The number of carbonyl (C=O) groups is 2. The van der Waals surface area contributed by atoms with Gasteiger partial charge in [0.2, 0.25) is 11.8 Å². The van der Waals surface area contributed by atoms with Crippen LogP contribution in [-0.4, -0.2) is 60.6 Å². The molecule has 1 saturated heterocycles. The number of nitrogens with one attached hydrogen (secondary N) is 2. The molecule has 0 spiro atoms. The quantitative estimate of drug-likeness (QED) is 0.491. The highest BCUT2D eigenvalue weighted by Crippen LogP contribution is 2.07. The summed E-state index contributed by atoms with van der Waals surface area (Å²) in [5.41, 5.74) is 0. The molecule has 92 valence electrons. The molecule has 0 bridgehead atoms. The van der Waals surface area contributed by atoms with Gasteiger partial charge in [0.1, 0.15) is 0 Å². The Labute approximate surface area is 95.0 Å². The largest absolute Gasteiger partial charge is 0.392 e. The van der Waals surface area contributed by atoms with Crippen LogP contribution in [0.15, 0.2) is 0 Å². The Morgan fingerprint density at radius 1 is 1.38 bits per heavy atom. The molecule has 1 rings (SSSR count). The molecule has 3 N–H and O–H groups in total. The summed E-state index contributed by atoms with van der Waals surface area (Å²) in [6.07, 6.45) is 0.436. The Kier molecular flexibility index (Phi) is 5.21. The fourth-order valence-corrected chi connectivity index (χ4v) is 1.66. The van der Waals surface area contributed by atoms with Crippen molar-refractivity contribution in [3.05, 3.63) is 0 Å². The Balaban J connectivity index is 2.05. The van der Waals surface area contributed by atoms with Crippen LogP contribution in [-0.2, 0) is 9.59 Å². The lowest BCUT2D eigenvalue weighted by Crippen LogP contribution is -2.39. The second-order valence-electron chi connectivity index (χ2n) is 4.01. The van der Waals surface area contributed by atoms with E-state index in [1.165, 1.54) is 6.92 Å². The summed E-state index contributed by atoms with van der Waals surface area (Å²) in [5.74, 6) is -0.170. The van der Waals surface area contributed by atoms with Crippen LogP contribution < -0.4 is 10.6 Å². The number of β-amino-alcohol motifs (C(OH)–C–C–N with tert-alkyl or cyclic N) is 1. The normalized spacial score (nSPS) is 20.8. The maximum Gasteiger partial charge on any atom is 0.234 e. The number of aliphatic hydroxyl groups excluding tert-OH is 1. The average molecular weight is 229 g/mol.